The van der Waals surface area contributed by atoms with Crippen molar-refractivity contribution in [3.8, 4) is 0 Å². The Morgan fingerprint density at radius 2 is 1.65 bits per heavy atom. The fourth-order valence-corrected chi connectivity index (χ4v) is 3.32. The lowest BCUT2D eigenvalue weighted by Crippen LogP contribution is -2.45. The molecule has 0 aromatic heterocycles. The van der Waals surface area contributed by atoms with E-state index in [1.807, 2.05) is 12.1 Å². The Balaban J connectivity index is 0.00000625. The van der Waals surface area contributed by atoms with E-state index in [9.17, 15) is 8.42 Å². The summed E-state index contributed by atoms with van der Waals surface area (Å²) in [4.78, 5) is 4.50. The maximum absolute atomic E-state index is 12.5. The van der Waals surface area contributed by atoms with Crippen LogP contribution in [0.25, 0.3) is 0 Å². The highest BCUT2D eigenvalue weighted by molar-refractivity contribution is 14.0. The number of rotatable bonds is 6. The standard InChI is InChI=1S/C19H33N3O2S.HI/c1-14(2)15(3)22-18(20-7)21-12-13-25(23,24)17-10-8-16(9-11-17)19(4,5)6;/h8-11,14-15H,12-13H2,1-7H3,(H2,20,21,22);1H. The molecule has 2 N–H and O–H groups in total. The highest BCUT2D eigenvalue weighted by Crippen LogP contribution is 2.23. The largest absolute Gasteiger partial charge is 0.355 e. The van der Waals surface area contributed by atoms with Gasteiger partial charge in [0.15, 0.2) is 15.8 Å². The predicted molar refractivity (Wildman–Crippen MR) is 121 cm³/mol. The van der Waals surface area contributed by atoms with Crippen LogP contribution in [-0.4, -0.2) is 39.8 Å². The first-order valence-electron chi connectivity index (χ1n) is 8.78. The number of halogens is 1. The molecule has 1 aromatic rings. The summed E-state index contributed by atoms with van der Waals surface area (Å²) in [7, 11) is -1.63. The summed E-state index contributed by atoms with van der Waals surface area (Å²) in [5.41, 5.74) is 1.13. The molecule has 0 spiro atoms. The number of hydrogen-bond acceptors (Lipinski definition) is 3. The average Bonchev–Trinajstić information content (AvgIpc) is 2.52. The normalized spacial score (nSPS) is 13.9. The second kappa shape index (κ2) is 10.5. The Hall–Kier alpha value is -0.830. The number of aliphatic imine (C=N–C) groups is 1. The topological polar surface area (TPSA) is 70.6 Å². The molecule has 0 aliphatic carbocycles. The van der Waals surface area contributed by atoms with Gasteiger partial charge in [-0.1, -0.05) is 46.8 Å². The van der Waals surface area contributed by atoms with Crippen LogP contribution in [0.5, 0.6) is 0 Å². The minimum atomic E-state index is -3.32. The van der Waals surface area contributed by atoms with Crippen LogP contribution >= 0.6 is 24.0 Å². The van der Waals surface area contributed by atoms with Crippen LogP contribution in [0.15, 0.2) is 34.2 Å². The Kier molecular flexibility index (Phi) is 10.2. The van der Waals surface area contributed by atoms with E-state index in [0.717, 1.165) is 5.56 Å². The molecule has 0 radical (unpaired) electrons. The quantitative estimate of drug-likeness (QED) is 0.360. The second-order valence-corrected chi connectivity index (χ2v) is 9.88. The number of sulfone groups is 1. The third-order valence-electron chi connectivity index (χ3n) is 4.33. The first kappa shape index (κ1) is 25.2. The first-order valence-corrected chi connectivity index (χ1v) is 10.4. The maximum Gasteiger partial charge on any atom is 0.191 e. The summed E-state index contributed by atoms with van der Waals surface area (Å²) in [6.07, 6.45) is 0. The van der Waals surface area contributed by atoms with E-state index in [2.05, 4.69) is 57.2 Å². The van der Waals surface area contributed by atoms with Crippen LogP contribution in [0.1, 0.15) is 47.1 Å². The van der Waals surface area contributed by atoms with Crippen molar-refractivity contribution in [2.45, 2.75) is 57.9 Å². The van der Waals surface area contributed by atoms with Gasteiger partial charge in [0.05, 0.1) is 10.6 Å². The fourth-order valence-electron chi connectivity index (χ4n) is 2.16. The molecule has 1 rings (SSSR count). The van der Waals surface area contributed by atoms with Gasteiger partial charge in [-0.2, -0.15) is 0 Å². The summed E-state index contributed by atoms with van der Waals surface area (Å²) < 4.78 is 25.0. The summed E-state index contributed by atoms with van der Waals surface area (Å²) >= 11 is 0. The van der Waals surface area contributed by atoms with E-state index < -0.39 is 9.84 Å². The van der Waals surface area contributed by atoms with Gasteiger partial charge in [-0.25, -0.2) is 8.42 Å². The number of guanidine groups is 1. The van der Waals surface area contributed by atoms with Crippen molar-refractivity contribution in [2.75, 3.05) is 19.3 Å². The third kappa shape index (κ3) is 7.82. The SMILES string of the molecule is CN=C(NCCS(=O)(=O)c1ccc(C(C)(C)C)cc1)NC(C)C(C)C.I. The van der Waals surface area contributed by atoms with Crippen LogP contribution in [0.2, 0.25) is 0 Å². The molecule has 0 heterocycles. The van der Waals surface area contributed by atoms with Gasteiger partial charge in [0.25, 0.3) is 0 Å². The van der Waals surface area contributed by atoms with Crippen molar-refractivity contribution in [1.82, 2.24) is 10.6 Å². The van der Waals surface area contributed by atoms with Gasteiger partial charge < -0.3 is 10.6 Å². The van der Waals surface area contributed by atoms with Gasteiger partial charge >= 0.3 is 0 Å². The van der Waals surface area contributed by atoms with Crippen molar-refractivity contribution in [1.29, 1.82) is 0 Å². The van der Waals surface area contributed by atoms with Crippen LogP contribution in [0.4, 0.5) is 0 Å². The Morgan fingerprint density at radius 3 is 2.08 bits per heavy atom. The lowest BCUT2D eigenvalue weighted by Gasteiger charge is -2.21. The molecule has 0 aliphatic rings. The summed E-state index contributed by atoms with van der Waals surface area (Å²) in [6, 6.07) is 7.44. The zero-order chi connectivity index (χ0) is 19.3. The Bertz CT molecular complexity index is 678. The highest BCUT2D eigenvalue weighted by atomic mass is 127. The molecule has 5 nitrogen and oxygen atoms in total. The Labute approximate surface area is 176 Å². The Morgan fingerprint density at radius 1 is 1.12 bits per heavy atom. The van der Waals surface area contributed by atoms with Crippen molar-refractivity contribution in [3.63, 3.8) is 0 Å². The highest BCUT2D eigenvalue weighted by Gasteiger charge is 2.18. The smallest absolute Gasteiger partial charge is 0.191 e. The molecule has 0 saturated carbocycles. The van der Waals surface area contributed by atoms with Crippen molar-refractivity contribution in [2.24, 2.45) is 10.9 Å². The van der Waals surface area contributed by atoms with Crippen LogP contribution in [0, 0.1) is 5.92 Å². The van der Waals surface area contributed by atoms with Crippen LogP contribution in [-0.2, 0) is 15.3 Å². The van der Waals surface area contributed by atoms with Crippen LogP contribution in [0.3, 0.4) is 0 Å². The van der Waals surface area contributed by atoms with Gasteiger partial charge in [-0.3, -0.25) is 4.99 Å². The number of benzene rings is 1. The molecular formula is C19H34IN3O2S. The van der Waals surface area contributed by atoms with Gasteiger partial charge in [0.1, 0.15) is 0 Å². The van der Waals surface area contributed by atoms with Crippen molar-refractivity contribution >= 4 is 39.8 Å². The molecule has 0 saturated heterocycles. The summed E-state index contributed by atoms with van der Waals surface area (Å²) in [6.45, 7) is 13.0. The van der Waals surface area contributed by atoms with Crippen molar-refractivity contribution < 1.29 is 8.42 Å². The predicted octanol–water partition coefficient (Wildman–Crippen LogP) is 3.59. The average molecular weight is 495 g/mol. The second-order valence-electron chi connectivity index (χ2n) is 7.77. The monoisotopic (exact) mass is 495 g/mol. The summed E-state index contributed by atoms with van der Waals surface area (Å²) in [5.74, 6) is 1.11. The molecular weight excluding hydrogens is 461 g/mol. The minimum Gasteiger partial charge on any atom is -0.355 e. The summed E-state index contributed by atoms with van der Waals surface area (Å²) in [5, 5.41) is 6.34. The zero-order valence-corrected chi connectivity index (χ0v) is 20.1. The first-order chi connectivity index (χ1) is 11.5. The van der Waals surface area contributed by atoms with E-state index in [4.69, 9.17) is 0 Å². The molecule has 0 fully saturated rings. The van der Waals surface area contributed by atoms with E-state index >= 15 is 0 Å². The van der Waals surface area contributed by atoms with Gasteiger partial charge in [-0.15, -0.1) is 24.0 Å². The molecule has 0 aliphatic heterocycles. The molecule has 0 bridgehead atoms. The molecule has 1 unspecified atom stereocenters. The lowest BCUT2D eigenvalue weighted by atomic mass is 9.87. The molecule has 26 heavy (non-hydrogen) atoms. The number of hydrogen-bond donors (Lipinski definition) is 2. The molecule has 0 amide bonds. The van der Waals surface area contributed by atoms with Gasteiger partial charge in [-0.05, 0) is 36.0 Å². The fraction of sp³-hybridized carbons (Fsp3) is 0.632. The van der Waals surface area contributed by atoms with E-state index in [0.29, 0.717) is 23.3 Å². The van der Waals surface area contributed by atoms with E-state index in [-0.39, 0.29) is 41.2 Å². The lowest BCUT2D eigenvalue weighted by molar-refractivity contribution is 0.481. The maximum atomic E-state index is 12.5. The van der Waals surface area contributed by atoms with E-state index in [1.165, 1.54) is 0 Å². The molecule has 7 heteroatoms. The van der Waals surface area contributed by atoms with Gasteiger partial charge in [0.2, 0.25) is 0 Å². The van der Waals surface area contributed by atoms with Crippen molar-refractivity contribution in [3.05, 3.63) is 29.8 Å². The molecule has 150 valence electrons. The number of nitrogens with one attached hydrogen (secondary N) is 2. The van der Waals surface area contributed by atoms with Crippen LogP contribution < -0.4 is 10.6 Å². The molecule has 1 atom stereocenters. The van der Waals surface area contributed by atoms with E-state index in [1.54, 1.807) is 19.2 Å². The third-order valence-corrected chi connectivity index (χ3v) is 6.06. The van der Waals surface area contributed by atoms with Gasteiger partial charge in [0, 0.05) is 19.6 Å². The zero-order valence-electron chi connectivity index (χ0n) is 17.0. The number of nitrogens with zero attached hydrogens (tertiary/aromatic N) is 1. The minimum absolute atomic E-state index is 0. The molecule has 1 aromatic carbocycles.